The average molecular weight is 376 g/mol. The minimum absolute atomic E-state index is 0.401. The number of nitrogens with zero attached hydrogens (tertiary/aromatic N) is 2. The number of aromatic nitrogens is 1. The van der Waals surface area contributed by atoms with E-state index in [0.29, 0.717) is 33.5 Å². The van der Waals surface area contributed by atoms with Crippen LogP contribution in [0, 0.1) is 0 Å². The third kappa shape index (κ3) is 2.76. The SMILES string of the molecule is CC[N+](CC)=c1ccc2nc3c(cc(N)c4c(C(=O)NN)cccc43)oc-2c1. The van der Waals surface area contributed by atoms with Gasteiger partial charge >= 0.3 is 0 Å². The van der Waals surface area contributed by atoms with Crippen LogP contribution in [0.1, 0.15) is 24.2 Å². The van der Waals surface area contributed by atoms with Crippen molar-refractivity contribution >= 4 is 33.5 Å². The minimum atomic E-state index is -0.404. The van der Waals surface area contributed by atoms with Crippen LogP contribution in [0.5, 0.6) is 0 Å². The Labute approximate surface area is 161 Å². The highest BCUT2D eigenvalue weighted by Crippen LogP contribution is 2.34. The van der Waals surface area contributed by atoms with Gasteiger partial charge in [0.15, 0.2) is 11.3 Å². The smallest absolute Gasteiger partial charge is 0.265 e. The van der Waals surface area contributed by atoms with Crippen molar-refractivity contribution < 1.29 is 9.21 Å². The van der Waals surface area contributed by atoms with E-state index >= 15 is 0 Å². The highest BCUT2D eigenvalue weighted by atomic mass is 16.3. The zero-order valence-electron chi connectivity index (χ0n) is 15.8. The van der Waals surface area contributed by atoms with Gasteiger partial charge in [-0.15, -0.1) is 0 Å². The van der Waals surface area contributed by atoms with E-state index in [2.05, 4.69) is 23.8 Å². The lowest BCUT2D eigenvalue weighted by atomic mass is 10.0. The maximum absolute atomic E-state index is 12.1. The van der Waals surface area contributed by atoms with Gasteiger partial charge in [-0.05, 0) is 26.0 Å². The molecule has 7 heteroatoms. The molecule has 28 heavy (non-hydrogen) atoms. The summed E-state index contributed by atoms with van der Waals surface area (Å²) in [6.45, 7) is 6.05. The topological polar surface area (TPSA) is 110 Å². The molecule has 0 saturated carbocycles. The van der Waals surface area contributed by atoms with Crippen LogP contribution in [0.15, 0.2) is 46.9 Å². The number of hydrazine groups is 1. The lowest BCUT2D eigenvalue weighted by Crippen LogP contribution is -2.30. The van der Waals surface area contributed by atoms with Gasteiger partial charge < -0.3 is 10.2 Å². The van der Waals surface area contributed by atoms with E-state index in [-0.39, 0.29) is 0 Å². The van der Waals surface area contributed by atoms with Crippen LogP contribution in [0.3, 0.4) is 0 Å². The highest BCUT2D eigenvalue weighted by Gasteiger charge is 2.18. The predicted octanol–water partition coefficient (Wildman–Crippen LogP) is 2.08. The molecular weight excluding hydrogens is 354 g/mol. The Balaban J connectivity index is 2.08. The van der Waals surface area contributed by atoms with Gasteiger partial charge in [0.2, 0.25) is 5.36 Å². The Hall–Kier alpha value is -3.45. The van der Waals surface area contributed by atoms with Gasteiger partial charge in [0.25, 0.3) is 5.91 Å². The molecule has 0 radical (unpaired) electrons. The van der Waals surface area contributed by atoms with E-state index in [1.54, 1.807) is 18.2 Å². The van der Waals surface area contributed by atoms with Crippen molar-refractivity contribution in [2.45, 2.75) is 13.8 Å². The summed E-state index contributed by atoms with van der Waals surface area (Å²) in [6, 6.07) is 13.0. The molecule has 1 aliphatic heterocycles. The van der Waals surface area contributed by atoms with Gasteiger partial charge in [-0.2, -0.15) is 0 Å². The number of nitrogen functional groups attached to an aromatic ring is 2. The van der Waals surface area contributed by atoms with Crippen molar-refractivity contribution in [1.29, 1.82) is 0 Å². The first kappa shape index (κ1) is 17.9. The molecule has 0 unspecified atom stereocenters. The van der Waals surface area contributed by atoms with Crippen LogP contribution in [0.2, 0.25) is 0 Å². The quantitative estimate of drug-likeness (QED) is 0.0964. The van der Waals surface area contributed by atoms with Crippen LogP contribution in [-0.4, -0.2) is 24.0 Å². The average Bonchev–Trinajstić information content (AvgIpc) is 2.72. The number of hydrogen-bond acceptors (Lipinski definition) is 5. The molecule has 1 aliphatic carbocycles. The lowest BCUT2D eigenvalue weighted by Gasteiger charge is -2.12. The minimum Gasteiger partial charge on any atom is -0.452 e. The molecule has 142 valence electrons. The number of anilines is 1. The number of carbonyl (C=O) groups excluding carboxylic acids is 1. The molecule has 2 aliphatic rings. The van der Waals surface area contributed by atoms with Crippen molar-refractivity contribution in [1.82, 2.24) is 15.0 Å². The number of nitrogens with one attached hydrogen (secondary N) is 1. The Kier molecular flexibility index (Phi) is 4.44. The number of fused-ring (bicyclic) bond motifs is 4. The normalized spacial score (nSPS) is 11.2. The largest absolute Gasteiger partial charge is 0.452 e. The second-order valence-electron chi connectivity index (χ2n) is 6.55. The third-order valence-corrected chi connectivity index (χ3v) is 5.03. The van der Waals surface area contributed by atoms with Gasteiger partial charge in [-0.25, -0.2) is 15.4 Å². The highest BCUT2D eigenvalue weighted by molar-refractivity contribution is 6.18. The first-order valence-electron chi connectivity index (χ1n) is 9.22. The summed E-state index contributed by atoms with van der Waals surface area (Å²) in [5.74, 6) is 5.60. The summed E-state index contributed by atoms with van der Waals surface area (Å²) in [7, 11) is 0. The number of amides is 1. The Morgan fingerprint density at radius 2 is 1.96 bits per heavy atom. The zero-order valence-corrected chi connectivity index (χ0v) is 15.8. The zero-order chi connectivity index (χ0) is 19.8. The summed E-state index contributed by atoms with van der Waals surface area (Å²) >= 11 is 0. The van der Waals surface area contributed by atoms with Crippen molar-refractivity contribution in [3.8, 4) is 11.5 Å². The summed E-state index contributed by atoms with van der Waals surface area (Å²) in [5.41, 5.74) is 11.2. The lowest BCUT2D eigenvalue weighted by molar-refractivity contribution is 0.0955. The molecule has 0 aromatic heterocycles. The van der Waals surface area contributed by atoms with E-state index in [1.807, 2.05) is 24.3 Å². The summed E-state index contributed by atoms with van der Waals surface area (Å²) < 4.78 is 8.39. The molecule has 0 bridgehead atoms. The van der Waals surface area contributed by atoms with Gasteiger partial charge in [-0.1, -0.05) is 12.1 Å². The summed E-state index contributed by atoms with van der Waals surface area (Å²) in [6.07, 6.45) is 0. The molecule has 2 aromatic carbocycles. The Morgan fingerprint density at radius 1 is 1.18 bits per heavy atom. The van der Waals surface area contributed by atoms with Gasteiger partial charge in [-0.3, -0.25) is 10.2 Å². The predicted molar refractivity (Wildman–Crippen MR) is 111 cm³/mol. The first-order valence-corrected chi connectivity index (χ1v) is 9.22. The molecule has 1 heterocycles. The molecule has 0 spiro atoms. The fourth-order valence-electron chi connectivity index (χ4n) is 3.64. The van der Waals surface area contributed by atoms with Gasteiger partial charge in [0.1, 0.15) is 24.3 Å². The Bertz CT molecular complexity index is 1250. The summed E-state index contributed by atoms with van der Waals surface area (Å²) in [5, 5.41) is 2.44. The van der Waals surface area contributed by atoms with Crippen LogP contribution < -0.4 is 26.9 Å². The standard InChI is InChI=1S/C21H21N5O2/c1-3-26(4-2)12-8-9-16-17(10-12)28-18-11-15(22)19-13(20(18)24-16)6-5-7-14(19)21(27)25-23/h5-11H,3-4H2,1-2H3,(H4,22,23,24,25,27)/p+1. The monoisotopic (exact) mass is 376 g/mol. The molecule has 7 nitrogen and oxygen atoms in total. The second-order valence-corrected chi connectivity index (χ2v) is 6.55. The van der Waals surface area contributed by atoms with E-state index < -0.39 is 5.91 Å². The van der Waals surface area contributed by atoms with Crippen LogP contribution in [0.4, 0.5) is 5.69 Å². The molecule has 5 N–H and O–H groups in total. The third-order valence-electron chi connectivity index (χ3n) is 5.03. The molecule has 0 fully saturated rings. The maximum Gasteiger partial charge on any atom is 0.265 e. The van der Waals surface area contributed by atoms with Gasteiger partial charge in [0, 0.05) is 28.6 Å². The second kappa shape index (κ2) is 6.94. The molecule has 1 amide bonds. The first-order chi connectivity index (χ1) is 13.6. The number of nitrogens with two attached hydrogens (primary N) is 2. The van der Waals surface area contributed by atoms with E-state index in [0.717, 1.165) is 29.5 Å². The number of benzene rings is 3. The molecule has 2 aromatic rings. The van der Waals surface area contributed by atoms with Crippen LogP contribution in [0.25, 0.3) is 33.3 Å². The summed E-state index contributed by atoms with van der Waals surface area (Å²) in [4.78, 5) is 16.9. The fourth-order valence-corrected chi connectivity index (χ4v) is 3.64. The van der Waals surface area contributed by atoms with Crippen molar-refractivity contribution in [2.24, 2.45) is 5.84 Å². The maximum atomic E-state index is 12.1. The molecule has 4 rings (SSSR count). The molecular formula is C21H22N5O2+. The van der Waals surface area contributed by atoms with E-state index in [9.17, 15) is 4.79 Å². The van der Waals surface area contributed by atoms with Crippen molar-refractivity contribution in [2.75, 3.05) is 18.8 Å². The van der Waals surface area contributed by atoms with E-state index in [4.69, 9.17) is 21.0 Å². The number of hydrogen-bond donors (Lipinski definition) is 3. The molecule has 0 atom stereocenters. The van der Waals surface area contributed by atoms with Crippen molar-refractivity contribution in [3.05, 3.63) is 53.4 Å². The van der Waals surface area contributed by atoms with Gasteiger partial charge in [0.05, 0.1) is 11.6 Å². The van der Waals surface area contributed by atoms with E-state index in [1.165, 1.54) is 0 Å². The number of carbonyl (C=O) groups is 1. The van der Waals surface area contributed by atoms with Crippen molar-refractivity contribution in [3.63, 3.8) is 0 Å². The van der Waals surface area contributed by atoms with Crippen LogP contribution in [-0.2, 0) is 0 Å². The molecule has 0 saturated heterocycles. The Morgan fingerprint density at radius 3 is 2.68 bits per heavy atom. The van der Waals surface area contributed by atoms with Crippen LogP contribution >= 0.6 is 0 Å². The fraction of sp³-hybridized carbons (Fsp3) is 0.190. The number of rotatable bonds is 3.